The molecule has 4 rings (SSSR count). The Bertz CT molecular complexity index is 1360. The summed E-state index contributed by atoms with van der Waals surface area (Å²) in [4.78, 5) is 34.6. The van der Waals surface area contributed by atoms with Crippen LogP contribution in [0.25, 0.3) is 11.2 Å². The second-order valence-corrected chi connectivity index (χ2v) is 8.35. The molecule has 0 saturated heterocycles. The Morgan fingerprint density at radius 1 is 1.03 bits per heavy atom. The van der Waals surface area contributed by atoms with Crippen LogP contribution in [-0.4, -0.2) is 23.7 Å². The number of hydrogen-bond donors (Lipinski definition) is 0. The minimum atomic E-state index is -0.396. The van der Waals surface area contributed by atoms with E-state index in [-0.39, 0.29) is 5.56 Å². The molecule has 162 valence electrons. The monoisotopic (exact) mass is 439 g/mol. The molecule has 0 fully saturated rings. The van der Waals surface area contributed by atoms with E-state index in [0.29, 0.717) is 34.5 Å². The van der Waals surface area contributed by atoms with E-state index in [4.69, 9.17) is 4.42 Å². The number of nitrogens with zero attached hydrogens (tertiary/aromatic N) is 5. The number of benzene rings is 1. The van der Waals surface area contributed by atoms with E-state index in [1.807, 2.05) is 23.6 Å². The van der Waals surface area contributed by atoms with Crippen molar-refractivity contribution in [1.82, 2.24) is 23.7 Å². The molecular formula is C22H25N5O3S. The zero-order valence-corrected chi connectivity index (χ0v) is 18.9. The van der Waals surface area contributed by atoms with E-state index in [9.17, 15) is 9.59 Å². The summed E-state index contributed by atoms with van der Waals surface area (Å²) < 4.78 is 9.97. The van der Waals surface area contributed by atoms with E-state index in [1.54, 1.807) is 13.3 Å². The number of aromatic nitrogens is 5. The first-order valence-electron chi connectivity index (χ1n) is 10.2. The lowest BCUT2D eigenvalue weighted by Crippen LogP contribution is -2.37. The first-order valence-corrected chi connectivity index (χ1v) is 11.2. The summed E-state index contributed by atoms with van der Waals surface area (Å²) in [5.41, 5.74) is 3.24. The summed E-state index contributed by atoms with van der Waals surface area (Å²) in [5.74, 6) is 1.09. The molecule has 0 bridgehead atoms. The van der Waals surface area contributed by atoms with Crippen LogP contribution in [0.15, 0.2) is 49.7 Å². The van der Waals surface area contributed by atoms with Gasteiger partial charge in [-0.15, -0.1) is 0 Å². The third-order valence-electron chi connectivity index (χ3n) is 5.34. The van der Waals surface area contributed by atoms with Gasteiger partial charge in [0.2, 0.25) is 5.89 Å². The Morgan fingerprint density at radius 2 is 1.81 bits per heavy atom. The standard InChI is InChI=1S/C22H25N5O3S/c1-5-14-8-7-9-15(10-14)11-27-18-19(25(3)22(29)26(4)20(18)28)24-21(27)31-13-17-23-16(6-2)12-30-17/h7-10,12H,5-6,11,13H2,1-4H3. The number of fused-ring (bicyclic) bond motifs is 1. The molecule has 3 heterocycles. The molecule has 0 aliphatic rings. The summed E-state index contributed by atoms with van der Waals surface area (Å²) in [7, 11) is 3.13. The molecule has 0 radical (unpaired) electrons. The zero-order valence-electron chi connectivity index (χ0n) is 18.1. The smallest absolute Gasteiger partial charge is 0.332 e. The van der Waals surface area contributed by atoms with Gasteiger partial charge in [-0.05, 0) is 24.0 Å². The molecule has 0 spiro atoms. The summed E-state index contributed by atoms with van der Waals surface area (Å²) in [5, 5.41) is 0.645. The normalized spacial score (nSPS) is 11.5. The van der Waals surface area contributed by atoms with Crippen LogP contribution in [0.4, 0.5) is 0 Å². The lowest BCUT2D eigenvalue weighted by atomic mass is 10.1. The van der Waals surface area contributed by atoms with Crippen molar-refractivity contribution in [2.45, 2.75) is 44.1 Å². The van der Waals surface area contributed by atoms with Crippen molar-refractivity contribution in [3.63, 3.8) is 0 Å². The van der Waals surface area contributed by atoms with Gasteiger partial charge in [0.15, 0.2) is 16.3 Å². The maximum Gasteiger partial charge on any atom is 0.332 e. The maximum atomic E-state index is 13.0. The number of imidazole rings is 1. The molecule has 0 unspecified atom stereocenters. The van der Waals surface area contributed by atoms with Crippen LogP contribution in [0.3, 0.4) is 0 Å². The quantitative estimate of drug-likeness (QED) is 0.412. The average Bonchev–Trinajstić information content (AvgIpc) is 3.39. The van der Waals surface area contributed by atoms with Gasteiger partial charge in [0.05, 0.1) is 18.0 Å². The number of hydrogen-bond acceptors (Lipinski definition) is 6. The van der Waals surface area contributed by atoms with Gasteiger partial charge in [0, 0.05) is 14.1 Å². The van der Waals surface area contributed by atoms with Gasteiger partial charge < -0.3 is 8.98 Å². The van der Waals surface area contributed by atoms with E-state index < -0.39 is 5.69 Å². The minimum Gasteiger partial charge on any atom is -0.448 e. The van der Waals surface area contributed by atoms with Crippen molar-refractivity contribution >= 4 is 22.9 Å². The Balaban J connectivity index is 1.82. The van der Waals surface area contributed by atoms with Crippen molar-refractivity contribution < 1.29 is 4.42 Å². The predicted octanol–water partition coefficient (Wildman–Crippen LogP) is 2.89. The minimum absolute atomic E-state index is 0.353. The third kappa shape index (κ3) is 3.97. The molecule has 31 heavy (non-hydrogen) atoms. The fraction of sp³-hybridized carbons (Fsp3) is 0.364. The predicted molar refractivity (Wildman–Crippen MR) is 121 cm³/mol. The highest BCUT2D eigenvalue weighted by atomic mass is 32.2. The summed E-state index contributed by atoms with van der Waals surface area (Å²) in [6.45, 7) is 4.61. The highest BCUT2D eigenvalue weighted by Gasteiger charge is 2.20. The Hall–Kier alpha value is -3.07. The Labute approximate surface area is 183 Å². The summed E-state index contributed by atoms with van der Waals surface area (Å²) in [6.07, 6.45) is 3.40. The molecule has 8 nitrogen and oxygen atoms in total. The Morgan fingerprint density at radius 3 is 2.52 bits per heavy atom. The van der Waals surface area contributed by atoms with Gasteiger partial charge in [-0.1, -0.05) is 49.9 Å². The molecule has 0 aliphatic heterocycles. The van der Waals surface area contributed by atoms with Gasteiger partial charge in [0.25, 0.3) is 5.56 Å². The van der Waals surface area contributed by atoms with Gasteiger partial charge >= 0.3 is 5.69 Å². The fourth-order valence-corrected chi connectivity index (χ4v) is 4.37. The second kappa shape index (κ2) is 8.58. The zero-order chi connectivity index (χ0) is 22.1. The van der Waals surface area contributed by atoms with Crippen LogP contribution in [0.2, 0.25) is 0 Å². The molecule has 3 aromatic heterocycles. The van der Waals surface area contributed by atoms with Crippen molar-refractivity contribution in [3.8, 4) is 0 Å². The van der Waals surface area contributed by atoms with Crippen molar-refractivity contribution in [1.29, 1.82) is 0 Å². The van der Waals surface area contributed by atoms with E-state index in [2.05, 4.69) is 29.0 Å². The summed E-state index contributed by atoms with van der Waals surface area (Å²) >= 11 is 1.44. The number of oxazole rings is 1. The molecule has 0 saturated carbocycles. The highest BCUT2D eigenvalue weighted by molar-refractivity contribution is 7.98. The van der Waals surface area contributed by atoms with Crippen molar-refractivity contribution in [2.24, 2.45) is 14.1 Å². The SMILES string of the molecule is CCc1cccc(Cn2c(SCc3nc(CC)co3)nc3c2c(=O)n(C)c(=O)n3C)c1. The maximum absolute atomic E-state index is 13.0. The second-order valence-electron chi connectivity index (χ2n) is 7.41. The van der Waals surface area contributed by atoms with E-state index in [0.717, 1.165) is 28.7 Å². The molecular weight excluding hydrogens is 414 g/mol. The lowest BCUT2D eigenvalue weighted by molar-refractivity contribution is 0.516. The summed E-state index contributed by atoms with van der Waals surface area (Å²) in [6, 6.07) is 8.27. The van der Waals surface area contributed by atoms with Gasteiger partial charge in [0.1, 0.15) is 6.26 Å². The van der Waals surface area contributed by atoms with Crippen LogP contribution in [-0.2, 0) is 39.2 Å². The van der Waals surface area contributed by atoms with Crippen molar-refractivity contribution in [2.75, 3.05) is 0 Å². The molecule has 9 heteroatoms. The van der Waals surface area contributed by atoms with Gasteiger partial charge in [-0.25, -0.2) is 14.8 Å². The van der Waals surface area contributed by atoms with Crippen LogP contribution >= 0.6 is 11.8 Å². The van der Waals surface area contributed by atoms with Crippen LogP contribution in [0.1, 0.15) is 36.6 Å². The van der Waals surface area contributed by atoms with Gasteiger partial charge in [-0.3, -0.25) is 13.9 Å². The number of aryl methyl sites for hydroxylation is 3. The Kier molecular flexibility index (Phi) is 5.86. The first kappa shape index (κ1) is 21.2. The number of thioether (sulfide) groups is 1. The van der Waals surface area contributed by atoms with Gasteiger partial charge in [-0.2, -0.15) is 0 Å². The topological polar surface area (TPSA) is 87.8 Å². The first-order chi connectivity index (χ1) is 14.9. The van der Waals surface area contributed by atoms with Crippen LogP contribution < -0.4 is 11.2 Å². The number of rotatable bonds is 7. The molecule has 0 aliphatic carbocycles. The average molecular weight is 440 g/mol. The molecule has 4 aromatic rings. The molecule has 1 aromatic carbocycles. The molecule has 0 amide bonds. The van der Waals surface area contributed by atoms with Crippen LogP contribution in [0, 0.1) is 0 Å². The third-order valence-corrected chi connectivity index (χ3v) is 6.30. The van der Waals surface area contributed by atoms with Crippen molar-refractivity contribution in [3.05, 3.63) is 74.1 Å². The fourth-order valence-electron chi connectivity index (χ4n) is 3.52. The van der Waals surface area contributed by atoms with E-state index >= 15 is 0 Å². The molecule has 0 atom stereocenters. The van der Waals surface area contributed by atoms with Crippen LogP contribution in [0.5, 0.6) is 0 Å². The highest BCUT2D eigenvalue weighted by Crippen LogP contribution is 2.26. The van der Waals surface area contributed by atoms with E-state index in [1.165, 1.54) is 28.9 Å². The largest absolute Gasteiger partial charge is 0.448 e. The molecule has 0 N–H and O–H groups in total. The lowest BCUT2D eigenvalue weighted by Gasteiger charge is -2.10.